The maximum atomic E-state index is 4.95. The molecule has 0 saturated heterocycles. The molecule has 0 aliphatic heterocycles. The van der Waals surface area contributed by atoms with Crippen molar-refractivity contribution in [2.24, 2.45) is 0 Å². The van der Waals surface area contributed by atoms with Gasteiger partial charge >= 0.3 is 0 Å². The molecule has 1 aromatic rings. The van der Waals surface area contributed by atoms with Gasteiger partial charge in [0.25, 0.3) is 0 Å². The number of nitrogens with zero attached hydrogens (tertiary/aromatic N) is 2. The van der Waals surface area contributed by atoms with Gasteiger partial charge in [-0.2, -0.15) is 11.8 Å². The van der Waals surface area contributed by atoms with Crippen molar-refractivity contribution in [1.29, 1.82) is 0 Å². The van der Waals surface area contributed by atoms with Crippen LogP contribution in [0, 0.1) is 0 Å². The lowest BCUT2D eigenvalue weighted by Gasteiger charge is -2.23. The Labute approximate surface area is 131 Å². The lowest BCUT2D eigenvalue weighted by atomic mass is 10.2. The summed E-state index contributed by atoms with van der Waals surface area (Å²) in [6, 6.07) is 0.563. The van der Waals surface area contributed by atoms with Gasteiger partial charge in [-0.3, -0.25) is 0 Å². The minimum absolute atomic E-state index is 0.563. The molecule has 5 heteroatoms. The maximum Gasteiger partial charge on any atom is 0.185 e. The molecule has 0 spiro atoms. The molecule has 20 heavy (non-hydrogen) atoms. The highest BCUT2D eigenvalue weighted by molar-refractivity contribution is 7.98. The topological polar surface area (TPSA) is 28.2 Å². The van der Waals surface area contributed by atoms with Gasteiger partial charge in [0.2, 0.25) is 0 Å². The number of nitrogens with one attached hydrogen (secondary N) is 1. The molecular weight excluding hydrogens is 286 g/mol. The first-order valence-electron chi connectivity index (χ1n) is 7.59. The van der Waals surface area contributed by atoms with Gasteiger partial charge in [-0.1, -0.05) is 6.92 Å². The first-order valence-corrected chi connectivity index (χ1v) is 9.80. The Kier molecular flexibility index (Phi) is 6.18. The summed E-state index contributed by atoms with van der Waals surface area (Å²) in [4.78, 5) is 8.77. The van der Waals surface area contributed by atoms with E-state index >= 15 is 0 Å². The summed E-state index contributed by atoms with van der Waals surface area (Å²) < 4.78 is 0. The van der Waals surface area contributed by atoms with Crippen LogP contribution in [-0.4, -0.2) is 36.6 Å². The second kappa shape index (κ2) is 7.66. The van der Waals surface area contributed by atoms with Gasteiger partial charge in [0, 0.05) is 30.4 Å². The molecular formula is C15H27N3S2. The molecule has 1 N–H and O–H groups in total. The summed E-state index contributed by atoms with van der Waals surface area (Å²) in [7, 11) is 2.19. The van der Waals surface area contributed by atoms with Crippen LogP contribution in [0.2, 0.25) is 0 Å². The van der Waals surface area contributed by atoms with E-state index in [-0.39, 0.29) is 0 Å². The zero-order chi connectivity index (χ0) is 14.5. The predicted molar refractivity (Wildman–Crippen MR) is 92.3 cm³/mol. The molecule has 2 rings (SSSR count). The van der Waals surface area contributed by atoms with Crippen LogP contribution in [-0.2, 0) is 6.54 Å². The van der Waals surface area contributed by atoms with Gasteiger partial charge in [0.05, 0.1) is 5.69 Å². The van der Waals surface area contributed by atoms with Gasteiger partial charge in [0.15, 0.2) is 5.13 Å². The Morgan fingerprint density at radius 3 is 2.85 bits per heavy atom. The van der Waals surface area contributed by atoms with E-state index in [2.05, 4.69) is 37.4 Å². The van der Waals surface area contributed by atoms with Crippen molar-refractivity contribution in [3.8, 4) is 0 Å². The minimum Gasteiger partial charge on any atom is -0.348 e. The van der Waals surface area contributed by atoms with Crippen LogP contribution in [0.5, 0.6) is 0 Å². The molecule has 1 aromatic heterocycles. The van der Waals surface area contributed by atoms with E-state index in [1.54, 1.807) is 0 Å². The number of aromatic nitrogens is 1. The second-order valence-corrected chi connectivity index (χ2v) is 7.65. The first-order chi connectivity index (χ1) is 9.67. The molecule has 1 fully saturated rings. The molecule has 3 nitrogen and oxygen atoms in total. The smallest absolute Gasteiger partial charge is 0.185 e. The molecule has 1 aliphatic rings. The number of anilines is 1. The number of thioether (sulfide) groups is 1. The third-order valence-corrected chi connectivity index (χ3v) is 5.72. The monoisotopic (exact) mass is 313 g/mol. The van der Waals surface area contributed by atoms with Crippen molar-refractivity contribution in [3.05, 3.63) is 10.6 Å². The van der Waals surface area contributed by atoms with Crippen molar-refractivity contribution in [2.75, 3.05) is 30.5 Å². The summed E-state index contributed by atoms with van der Waals surface area (Å²) in [5.41, 5.74) is 1.37. The van der Waals surface area contributed by atoms with Crippen molar-refractivity contribution >= 4 is 28.2 Å². The molecule has 0 aromatic carbocycles. The molecule has 114 valence electrons. The van der Waals surface area contributed by atoms with Crippen molar-refractivity contribution in [1.82, 2.24) is 10.3 Å². The van der Waals surface area contributed by atoms with Gasteiger partial charge in [-0.15, -0.1) is 11.3 Å². The lowest BCUT2D eigenvalue weighted by molar-refractivity contribution is 0.666. The van der Waals surface area contributed by atoms with Crippen LogP contribution >= 0.6 is 23.1 Å². The summed E-state index contributed by atoms with van der Waals surface area (Å²) >= 11 is 3.81. The summed E-state index contributed by atoms with van der Waals surface area (Å²) in [5, 5.41) is 4.65. The summed E-state index contributed by atoms with van der Waals surface area (Å²) in [5.74, 6) is 1.96. The number of hydrogen-bond donors (Lipinski definition) is 1. The average Bonchev–Trinajstić information content (AvgIpc) is 3.22. The Hall–Kier alpha value is -0.260. The molecule has 0 bridgehead atoms. The zero-order valence-corrected chi connectivity index (χ0v) is 14.7. The van der Waals surface area contributed by atoms with E-state index < -0.39 is 0 Å². The Morgan fingerprint density at radius 1 is 1.50 bits per heavy atom. The Morgan fingerprint density at radius 2 is 2.25 bits per heavy atom. The molecule has 1 unspecified atom stereocenters. The van der Waals surface area contributed by atoms with E-state index in [4.69, 9.17) is 4.98 Å². The average molecular weight is 314 g/mol. The Bertz CT molecular complexity index is 415. The molecule has 1 saturated carbocycles. The fourth-order valence-electron chi connectivity index (χ4n) is 2.21. The zero-order valence-electron chi connectivity index (χ0n) is 13.1. The van der Waals surface area contributed by atoms with Crippen LogP contribution in [0.3, 0.4) is 0 Å². The largest absolute Gasteiger partial charge is 0.348 e. The van der Waals surface area contributed by atoms with E-state index in [1.165, 1.54) is 40.7 Å². The van der Waals surface area contributed by atoms with E-state index in [0.29, 0.717) is 6.04 Å². The van der Waals surface area contributed by atoms with Crippen molar-refractivity contribution < 1.29 is 0 Å². The van der Waals surface area contributed by atoms with Gasteiger partial charge in [-0.05, 0) is 44.7 Å². The quantitative estimate of drug-likeness (QED) is 0.752. The SMILES string of the molecule is CCNCc1sc(N(C)C(C)CCSC)nc1C1CC1. The Balaban J connectivity index is 2.06. The van der Waals surface area contributed by atoms with E-state index in [9.17, 15) is 0 Å². The van der Waals surface area contributed by atoms with Gasteiger partial charge in [0.1, 0.15) is 0 Å². The molecule has 1 heterocycles. The minimum atomic E-state index is 0.563. The molecule has 1 atom stereocenters. The summed E-state index contributed by atoms with van der Waals surface area (Å²) in [6.07, 6.45) is 6.05. The van der Waals surface area contributed by atoms with Crippen LogP contribution in [0.15, 0.2) is 0 Å². The highest BCUT2D eigenvalue weighted by Crippen LogP contribution is 2.44. The normalized spacial score (nSPS) is 16.4. The van der Waals surface area contributed by atoms with Crippen molar-refractivity contribution in [2.45, 2.75) is 51.6 Å². The number of thiazole rings is 1. The molecule has 0 radical (unpaired) electrons. The molecule has 0 amide bonds. The number of rotatable bonds is 9. The maximum absolute atomic E-state index is 4.95. The first kappa shape index (κ1) is 16.1. The van der Waals surface area contributed by atoms with E-state index in [1.807, 2.05) is 23.1 Å². The fraction of sp³-hybridized carbons (Fsp3) is 0.800. The highest BCUT2D eigenvalue weighted by atomic mass is 32.2. The molecule has 1 aliphatic carbocycles. The van der Waals surface area contributed by atoms with E-state index in [0.717, 1.165) is 19.0 Å². The predicted octanol–water partition coefficient (Wildman–Crippen LogP) is 3.71. The van der Waals surface area contributed by atoms with Gasteiger partial charge < -0.3 is 10.2 Å². The summed E-state index contributed by atoms with van der Waals surface area (Å²) in [6.45, 7) is 6.47. The number of hydrogen-bond acceptors (Lipinski definition) is 5. The van der Waals surface area contributed by atoms with Gasteiger partial charge in [-0.25, -0.2) is 4.98 Å². The highest BCUT2D eigenvalue weighted by Gasteiger charge is 2.30. The van der Waals surface area contributed by atoms with Crippen LogP contribution in [0.4, 0.5) is 5.13 Å². The van der Waals surface area contributed by atoms with Crippen LogP contribution in [0.1, 0.15) is 49.6 Å². The fourth-order valence-corrected chi connectivity index (χ4v) is 3.97. The van der Waals surface area contributed by atoms with Crippen molar-refractivity contribution in [3.63, 3.8) is 0 Å². The lowest BCUT2D eigenvalue weighted by Crippen LogP contribution is -2.29. The third kappa shape index (κ3) is 4.12. The second-order valence-electron chi connectivity index (χ2n) is 5.60. The van der Waals surface area contributed by atoms with Crippen LogP contribution < -0.4 is 10.2 Å². The third-order valence-electron chi connectivity index (χ3n) is 3.92. The standard InChI is InChI=1S/C15H27N3S2/c1-5-16-10-13-14(12-6-7-12)17-15(20-13)18(3)11(2)8-9-19-4/h11-12,16H,5-10H2,1-4H3. The van der Waals surface area contributed by atoms with Crippen LogP contribution in [0.25, 0.3) is 0 Å².